The number of ether oxygens (including phenoxy) is 2. The summed E-state index contributed by atoms with van der Waals surface area (Å²) in [5.74, 6) is -0.245. The van der Waals surface area contributed by atoms with Gasteiger partial charge < -0.3 is 19.9 Å². The van der Waals surface area contributed by atoms with Crippen LogP contribution < -0.4 is 5.32 Å². The molecule has 0 spiro atoms. The van der Waals surface area contributed by atoms with Crippen LogP contribution in [-0.4, -0.2) is 50.1 Å². The Morgan fingerprint density at radius 1 is 1.47 bits per heavy atom. The molecule has 1 saturated heterocycles. The van der Waals surface area contributed by atoms with E-state index >= 15 is 0 Å². The zero-order chi connectivity index (χ0) is 12.9. The summed E-state index contributed by atoms with van der Waals surface area (Å²) in [6.45, 7) is 5.50. The van der Waals surface area contributed by atoms with Gasteiger partial charge in [0.2, 0.25) is 0 Å². The molecule has 1 aliphatic rings. The van der Waals surface area contributed by atoms with Crippen LogP contribution in [-0.2, 0) is 14.3 Å². The van der Waals surface area contributed by atoms with Crippen LogP contribution >= 0.6 is 0 Å². The predicted molar refractivity (Wildman–Crippen MR) is 63.7 cm³/mol. The smallest absolute Gasteiger partial charge is 0.312 e. The maximum Gasteiger partial charge on any atom is 0.312 e. The molecule has 1 aliphatic heterocycles. The lowest BCUT2D eigenvalue weighted by molar-refractivity contribution is -0.150. The highest BCUT2D eigenvalue weighted by Crippen LogP contribution is 2.23. The molecule has 1 rings (SSSR count). The van der Waals surface area contributed by atoms with Gasteiger partial charge in [0.1, 0.15) is 0 Å². The molecule has 0 bridgehead atoms. The highest BCUT2D eigenvalue weighted by atomic mass is 16.5. The molecular weight excluding hydrogens is 222 g/mol. The average Bonchev–Trinajstić information content (AvgIpc) is 2.36. The van der Waals surface area contributed by atoms with Crippen LogP contribution in [0.3, 0.4) is 0 Å². The van der Waals surface area contributed by atoms with Crippen molar-refractivity contribution in [2.75, 3.05) is 33.5 Å². The van der Waals surface area contributed by atoms with Gasteiger partial charge in [-0.05, 0) is 26.7 Å². The molecule has 0 aromatic carbocycles. The molecule has 0 aliphatic carbocycles. The molecule has 0 saturated carbocycles. The number of hydrogen-bond donors (Lipinski definition) is 2. The third-order valence-electron chi connectivity index (χ3n) is 3.40. The number of esters is 1. The summed E-state index contributed by atoms with van der Waals surface area (Å²) in [7, 11) is 1.39. The van der Waals surface area contributed by atoms with Gasteiger partial charge in [0, 0.05) is 25.3 Å². The van der Waals surface area contributed by atoms with E-state index in [1.807, 2.05) is 13.8 Å². The highest BCUT2D eigenvalue weighted by molar-refractivity contribution is 5.76. The van der Waals surface area contributed by atoms with Gasteiger partial charge in [-0.3, -0.25) is 4.79 Å². The van der Waals surface area contributed by atoms with E-state index < -0.39 is 5.41 Å². The van der Waals surface area contributed by atoms with E-state index in [0.29, 0.717) is 19.8 Å². The minimum Gasteiger partial charge on any atom is -0.469 e. The molecule has 1 fully saturated rings. The van der Waals surface area contributed by atoms with Crippen LogP contribution in [0.4, 0.5) is 0 Å². The second-order valence-corrected chi connectivity index (χ2v) is 5.28. The van der Waals surface area contributed by atoms with Crippen molar-refractivity contribution >= 4 is 5.97 Å². The quantitative estimate of drug-likeness (QED) is 0.683. The topological polar surface area (TPSA) is 67.8 Å². The fourth-order valence-electron chi connectivity index (χ4n) is 1.91. The molecule has 0 atom stereocenters. The third-order valence-corrected chi connectivity index (χ3v) is 3.40. The zero-order valence-corrected chi connectivity index (χ0v) is 10.9. The molecule has 17 heavy (non-hydrogen) atoms. The van der Waals surface area contributed by atoms with Gasteiger partial charge in [-0.15, -0.1) is 0 Å². The van der Waals surface area contributed by atoms with Gasteiger partial charge >= 0.3 is 5.97 Å². The molecule has 0 aromatic rings. The Balaban J connectivity index is 2.55. The van der Waals surface area contributed by atoms with Crippen LogP contribution in [0.1, 0.15) is 26.7 Å². The molecule has 0 aromatic heterocycles. The SMILES string of the molecule is COC(=O)C(C)(C)CNC1(CO)CCOCC1. The molecule has 0 amide bonds. The van der Waals surface area contributed by atoms with Gasteiger partial charge in [-0.2, -0.15) is 0 Å². The summed E-state index contributed by atoms with van der Waals surface area (Å²) in [5, 5.41) is 12.8. The average molecular weight is 245 g/mol. The number of carbonyl (C=O) groups excluding carboxylic acids is 1. The Morgan fingerprint density at radius 2 is 2.06 bits per heavy atom. The molecule has 5 nitrogen and oxygen atoms in total. The summed E-state index contributed by atoms with van der Waals surface area (Å²) in [6.07, 6.45) is 1.53. The van der Waals surface area contributed by atoms with E-state index in [0.717, 1.165) is 12.8 Å². The lowest BCUT2D eigenvalue weighted by Gasteiger charge is -2.38. The van der Waals surface area contributed by atoms with E-state index in [-0.39, 0.29) is 18.1 Å². The minimum absolute atomic E-state index is 0.0631. The normalized spacial score (nSPS) is 20.0. The summed E-state index contributed by atoms with van der Waals surface area (Å²) in [5.41, 5.74) is -0.904. The van der Waals surface area contributed by atoms with Crippen LogP contribution in [0.15, 0.2) is 0 Å². The summed E-state index contributed by atoms with van der Waals surface area (Å²) >= 11 is 0. The van der Waals surface area contributed by atoms with Gasteiger partial charge in [0.15, 0.2) is 0 Å². The molecule has 1 heterocycles. The van der Waals surface area contributed by atoms with Crippen molar-refractivity contribution in [3.05, 3.63) is 0 Å². The third kappa shape index (κ3) is 3.66. The summed E-state index contributed by atoms with van der Waals surface area (Å²) in [6, 6.07) is 0. The first-order valence-corrected chi connectivity index (χ1v) is 5.98. The first-order valence-electron chi connectivity index (χ1n) is 5.98. The highest BCUT2D eigenvalue weighted by Gasteiger charge is 2.36. The van der Waals surface area contributed by atoms with Crippen molar-refractivity contribution in [1.82, 2.24) is 5.32 Å². The maximum absolute atomic E-state index is 11.5. The van der Waals surface area contributed by atoms with Crippen molar-refractivity contribution in [3.63, 3.8) is 0 Å². The van der Waals surface area contributed by atoms with Crippen LogP contribution in [0.2, 0.25) is 0 Å². The molecule has 5 heteroatoms. The molecule has 0 radical (unpaired) electrons. The van der Waals surface area contributed by atoms with E-state index in [1.165, 1.54) is 7.11 Å². The number of methoxy groups -OCH3 is 1. The number of hydrogen-bond acceptors (Lipinski definition) is 5. The molecular formula is C12H23NO4. The van der Waals surface area contributed by atoms with Crippen molar-refractivity contribution in [3.8, 4) is 0 Å². The van der Waals surface area contributed by atoms with E-state index in [2.05, 4.69) is 5.32 Å². The van der Waals surface area contributed by atoms with Crippen LogP contribution in [0, 0.1) is 5.41 Å². The summed E-state index contributed by atoms with van der Waals surface area (Å²) < 4.78 is 10.0. The first kappa shape index (κ1) is 14.4. The Hall–Kier alpha value is -0.650. The Labute approximate surface area is 102 Å². The van der Waals surface area contributed by atoms with Gasteiger partial charge in [0.05, 0.1) is 19.1 Å². The number of rotatable bonds is 5. The number of carbonyl (C=O) groups is 1. The standard InChI is InChI=1S/C12H23NO4/c1-11(2,10(15)16-3)8-13-12(9-14)4-6-17-7-5-12/h13-14H,4-9H2,1-3H3. The van der Waals surface area contributed by atoms with Crippen molar-refractivity contribution in [2.45, 2.75) is 32.2 Å². The fraction of sp³-hybridized carbons (Fsp3) is 0.917. The van der Waals surface area contributed by atoms with Crippen molar-refractivity contribution < 1.29 is 19.4 Å². The van der Waals surface area contributed by atoms with Gasteiger partial charge in [-0.25, -0.2) is 0 Å². The van der Waals surface area contributed by atoms with Crippen molar-refractivity contribution in [1.29, 1.82) is 0 Å². The monoisotopic (exact) mass is 245 g/mol. The molecule has 2 N–H and O–H groups in total. The Bertz CT molecular complexity index is 259. The predicted octanol–water partition coefficient (Wildman–Crippen LogP) is 0.317. The Kier molecular flexibility index (Phi) is 4.91. The second kappa shape index (κ2) is 5.80. The van der Waals surface area contributed by atoms with Gasteiger partial charge in [-0.1, -0.05) is 0 Å². The number of aliphatic hydroxyl groups is 1. The summed E-state index contributed by atoms with van der Waals surface area (Å²) in [4.78, 5) is 11.5. The minimum atomic E-state index is -0.588. The lowest BCUT2D eigenvalue weighted by Crippen LogP contribution is -2.55. The van der Waals surface area contributed by atoms with Crippen LogP contribution in [0.5, 0.6) is 0 Å². The zero-order valence-electron chi connectivity index (χ0n) is 10.9. The molecule has 0 unspecified atom stereocenters. The van der Waals surface area contributed by atoms with Gasteiger partial charge in [0.25, 0.3) is 0 Å². The van der Waals surface area contributed by atoms with E-state index in [4.69, 9.17) is 9.47 Å². The fourth-order valence-corrected chi connectivity index (χ4v) is 1.91. The second-order valence-electron chi connectivity index (χ2n) is 5.28. The first-order chi connectivity index (χ1) is 7.96. The van der Waals surface area contributed by atoms with Crippen LogP contribution in [0.25, 0.3) is 0 Å². The molecule has 100 valence electrons. The lowest BCUT2D eigenvalue weighted by atomic mass is 9.87. The largest absolute Gasteiger partial charge is 0.469 e. The van der Waals surface area contributed by atoms with E-state index in [9.17, 15) is 9.90 Å². The maximum atomic E-state index is 11.5. The number of nitrogens with one attached hydrogen (secondary N) is 1. The van der Waals surface area contributed by atoms with E-state index in [1.54, 1.807) is 0 Å². The number of aliphatic hydroxyl groups excluding tert-OH is 1. The Morgan fingerprint density at radius 3 is 2.53 bits per heavy atom. The van der Waals surface area contributed by atoms with Crippen molar-refractivity contribution in [2.24, 2.45) is 5.41 Å².